The Labute approximate surface area is 145 Å². The van der Waals surface area contributed by atoms with Gasteiger partial charge in [-0.15, -0.1) is 0 Å². The Bertz CT molecular complexity index is 536. The van der Waals surface area contributed by atoms with Gasteiger partial charge in [-0.05, 0) is 80.0 Å². The van der Waals surface area contributed by atoms with Gasteiger partial charge in [0.1, 0.15) is 10.5 Å². The molecule has 1 nitrogen and oxygen atoms in total. The quantitative estimate of drug-likeness (QED) is 0.689. The van der Waals surface area contributed by atoms with Crippen LogP contribution in [0.15, 0.2) is 23.3 Å². The minimum absolute atomic E-state index is 0.500. The van der Waals surface area contributed by atoms with Crippen LogP contribution in [-0.4, -0.2) is 17.1 Å². The number of fused-ring (bicyclic) bond motifs is 5. The van der Waals surface area contributed by atoms with Gasteiger partial charge in [0.2, 0.25) is 0 Å². The van der Waals surface area contributed by atoms with Crippen LogP contribution >= 0.6 is 0 Å². The third-order valence-electron chi connectivity index (χ3n) is 8.35. The van der Waals surface area contributed by atoms with Crippen LogP contribution in [-0.2, 0) is 4.43 Å². The molecule has 0 aromatic rings. The second-order valence-corrected chi connectivity index (χ2v) is 9.77. The molecule has 4 rings (SSSR count). The van der Waals surface area contributed by atoms with Gasteiger partial charge in [-0.2, -0.15) is 0 Å². The molecule has 23 heavy (non-hydrogen) atoms. The van der Waals surface area contributed by atoms with Crippen LogP contribution < -0.4 is 0 Å². The highest BCUT2D eigenvalue weighted by Crippen LogP contribution is 2.65. The van der Waals surface area contributed by atoms with E-state index in [2.05, 4.69) is 26.0 Å². The maximum absolute atomic E-state index is 5.54. The average Bonchev–Trinajstić information content (AvgIpc) is 2.89. The van der Waals surface area contributed by atoms with E-state index in [4.69, 9.17) is 4.43 Å². The lowest BCUT2D eigenvalue weighted by Crippen LogP contribution is -2.44. The Hall–Kier alpha value is -0.343. The van der Waals surface area contributed by atoms with Crippen molar-refractivity contribution in [3.05, 3.63) is 23.3 Å². The molecule has 4 aliphatic rings. The molecular formula is C21H34OSi. The fourth-order valence-electron chi connectivity index (χ4n) is 6.88. The summed E-state index contributed by atoms with van der Waals surface area (Å²) >= 11 is 0. The third-order valence-corrected chi connectivity index (χ3v) is 8.76. The fourth-order valence-corrected chi connectivity index (χ4v) is 7.11. The normalized spacial score (nSPS) is 45.7. The summed E-state index contributed by atoms with van der Waals surface area (Å²) in [5.74, 6) is 2.61. The lowest BCUT2D eigenvalue weighted by atomic mass is 9.50. The van der Waals surface area contributed by atoms with Crippen molar-refractivity contribution in [2.75, 3.05) is 6.61 Å². The molecule has 0 aliphatic heterocycles. The van der Waals surface area contributed by atoms with Crippen LogP contribution in [0, 0.1) is 28.6 Å². The average molecular weight is 331 g/mol. The van der Waals surface area contributed by atoms with Crippen molar-refractivity contribution in [3.63, 3.8) is 0 Å². The molecule has 128 valence electrons. The van der Waals surface area contributed by atoms with Crippen molar-refractivity contribution in [3.8, 4) is 0 Å². The Kier molecular flexibility index (Phi) is 4.12. The summed E-state index contributed by atoms with van der Waals surface area (Å²) in [6, 6.07) is 0. The summed E-state index contributed by atoms with van der Waals surface area (Å²) in [6.45, 7) is 6.21. The van der Waals surface area contributed by atoms with Gasteiger partial charge in [0.25, 0.3) is 0 Å². The maximum atomic E-state index is 5.54. The van der Waals surface area contributed by atoms with Crippen molar-refractivity contribution < 1.29 is 4.43 Å². The van der Waals surface area contributed by atoms with Gasteiger partial charge in [-0.25, -0.2) is 0 Å². The lowest BCUT2D eigenvalue weighted by Gasteiger charge is -2.54. The largest absolute Gasteiger partial charge is 0.428 e. The van der Waals surface area contributed by atoms with E-state index in [1.807, 2.05) is 5.57 Å². The van der Waals surface area contributed by atoms with E-state index in [1.54, 1.807) is 5.57 Å². The van der Waals surface area contributed by atoms with Crippen LogP contribution in [0.2, 0.25) is 0 Å². The van der Waals surface area contributed by atoms with E-state index in [-0.39, 0.29) is 0 Å². The smallest absolute Gasteiger partial charge is 0.145 e. The van der Waals surface area contributed by atoms with E-state index in [1.165, 1.54) is 57.8 Å². The zero-order valence-corrected chi connectivity index (χ0v) is 17.4. The number of hydrogen-bond acceptors (Lipinski definition) is 1. The van der Waals surface area contributed by atoms with E-state index in [0.29, 0.717) is 10.8 Å². The third kappa shape index (κ3) is 2.35. The van der Waals surface area contributed by atoms with Gasteiger partial charge in [0, 0.05) is 6.61 Å². The second kappa shape index (κ2) is 5.88. The van der Waals surface area contributed by atoms with Crippen molar-refractivity contribution >= 4 is 10.5 Å². The summed E-state index contributed by atoms with van der Waals surface area (Å²) in [6.07, 6.45) is 17.8. The van der Waals surface area contributed by atoms with Crippen molar-refractivity contribution in [1.82, 2.24) is 0 Å². The van der Waals surface area contributed by atoms with Crippen molar-refractivity contribution in [1.29, 1.82) is 0 Å². The van der Waals surface area contributed by atoms with Crippen LogP contribution in [0.5, 0.6) is 0 Å². The number of allylic oxidation sites excluding steroid dienone is 4. The second-order valence-electron chi connectivity index (χ2n) is 9.19. The Morgan fingerprint density at radius 1 is 1.09 bits per heavy atom. The van der Waals surface area contributed by atoms with Gasteiger partial charge in [-0.3, -0.25) is 0 Å². The SMILES string of the molecule is C[C@]12CC[C@H]3C(=CC=C4CCCC[C@@]43C)[C@@H]1CC[C@@H]2CCO[SiH3]. The molecule has 0 aromatic carbocycles. The van der Waals surface area contributed by atoms with Crippen LogP contribution in [0.1, 0.15) is 71.6 Å². The number of hydrogen-bond donors (Lipinski definition) is 0. The first-order chi connectivity index (χ1) is 11.1. The summed E-state index contributed by atoms with van der Waals surface area (Å²) in [4.78, 5) is 0. The van der Waals surface area contributed by atoms with Gasteiger partial charge >= 0.3 is 0 Å². The van der Waals surface area contributed by atoms with Gasteiger partial charge in [-0.1, -0.05) is 43.6 Å². The highest BCUT2D eigenvalue weighted by molar-refractivity contribution is 5.97. The van der Waals surface area contributed by atoms with Crippen LogP contribution in [0.25, 0.3) is 0 Å². The summed E-state index contributed by atoms with van der Waals surface area (Å²) in [5.41, 5.74) is 4.68. The Morgan fingerprint density at radius 3 is 2.78 bits per heavy atom. The molecule has 0 saturated heterocycles. The standard InChI is InChI=1S/C21H34OSi/c1-20-12-4-3-5-15(20)6-8-17-18-9-7-16(11-14-22-23)21(18,2)13-10-19(17)20/h6,8,16,18-19H,3-5,7,9-14H2,1-2,23H3/t16-,18+,19+,20+,21-/m1/s1. The molecule has 0 N–H and O–H groups in total. The first-order valence-electron chi connectivity index (χ1n) is 9.99. The molecule has 0 aromatic heterocycles. The Balaban J connectivity index is 1.64. The topological polar surface area (TPSA) is 9.23 Å². The lowest BCUT2D eigenvalue weighted by molar-refractivity contribution is 0.0617. The van der Waals surface area contributed by atoms with E-state index in [9.17, 15) is 0 Å². The first kappa shape index (κ1) is 16.1. The predicted octanol–water partition coefficient (Wildman–Crippen LogP) is 4.56. The fraction of sp³-hybridized carbons (Fsp3) is 0.810. The van der Waals surface area contributed by atoms with Crippen molar-refractivity contribution in [2.24, 2.45) is 28.6 Å². The molecule has 2 heteroatoms. The minimum atomic E-state index is 0.500. The zero-order chi connectivity index (χ0) is 16.1. The van der Waals surface area contributed by atoms with E-state index >= 15 is 0 Å². The number of rotatable bonds is 3. The molecule has 0 heterocycles. The molecule has 0 radical (unpaired) electrons. The summed E-state index contributed by atoms with van der Waals surface area (Å²) in [5, 5.41) is 0. The molecule has 0 amide bonds. The van der Waals surface area contributed by atoms with Gasteiger partial charge in [0.15, 0.2) is 0 Å². The van der Waals surface area contributed by atoms with Crippen LogP contribution in [0.4, 0.5) is 0 Å². The van der Waals surface area contributed by atoms with E-state index in [0.717, 1.165) is 34.8 Å². The summed E-state index contributed by atoms with van der Waals surface area (Å²) < 4.78 is 5.54. The zero-order valence-electron chi connectivity index (χ0n) is 15.4. The van der Waals surface area contributed by atoms with Gasteiger partial charge in [0.05, 0.1) is 0 Å². The minimum Gasteiger partial charge on any atom is -0.428 e. The molecule has 3 fully saturated rings. The van der Waals surface area contributed by atoms with Gasteiger partial charge < -0.3 is 4.43 Å². The monoisotopic (exact) mass is 330 g/mol. The maximum Gasteiger partial charge on any atom is 0.145 e. The molecule has 0 unspecified atom stereocenters. The highest BCUT2D eigenvalue weighted by Gasteiger charge is 2.55. The molecule has 0 bridgehead atoms. The predicted molar refractivity (Wildman–Crippen MR) is 100 cm³/mol. The highest BCUT2D eigenvalue weighted by atomic mass is 28.2. The molecule has 4 aliphatic carbocycles. The Morgan fingerprint density at radius 2 is 1.96 bits per heavy atom. The molecule has 0 spiro atoms. The van der Waals surface area contributed by atoms with Crippen LogP contribution in [0.3, 0.4) is 0 Å². The molecular weight excluding hydrogens is 296 g/mol. The van der Waals surface area contributed by atoms with Crippen molar-refractivity contribution in [2.45, 2.75) is 71.6 Å². The molecule has 3 saturated carbocycles. The first-order valence-corrected chi connectivity index (χ1v) is 10.8. The molecule has 5 atom stereocenters. The summed E-state index contributed by atoms with van der Waals surface area (Å²) in [7, 11) is 0.896. The van der Waals surface area contributed by atoms with E-state index < -0.39 is 0 Å².